The lowest BCUT2D eigenvalue weighted by atomic mass is 9.98. The van der Waals surface area contributed by atoms with Crippen LogP contribution in [0.15, 0.2) is 48.5 Å². The summed E-state index contributed by atoms with van der Waals surface area (Å²) < 4.78 is 15.6. The highest BCUT2D eigenvalue weighted by atomic mass is 16.6. The van der Waals surface area contributed by atoms with Crippen LogP contribution in [-0.4, -0.2) is 44.5 Å². The molecule has 0 radical (unpaired) electrons. The summed E-state index contributed by atoms with van der Waals surface area (Å²) in [6.07, 6.45) is -0.692. The number of methoxy groups -OCH3 is 2. The van der Waals surface area contributed by atoms with E-state index in [0.29, 0.717) is 0 Å². The van der Waals surface area contributed by atoms with Crippen molar-refractivity contribution >= 4 is 12.1 Å². The molecule has 1 aliphatic carbocycles. The van der Waals surface area contributed by atoms with Crippen molar-refractivity contribution in [2.75, 3.05) is 20.8 Å². The molecule has 0 aromatic heterocycles. The Balaban J connectivity index is 1.73. The zero-order chi connectivity index (χ0) is 20.3. The molecule has 0 saturated carbocycles. The topological polar surface area (TPSA) is 73.9 Å². The number of carbonyl (C=O) groups is 2. The maximum Gasteiger partial charge on any atom is 0.407 e. The SMILES string of the molecule is COC(=O)[C@@H](NC(=O)OCC1c2ccccc2-c2ccccc21)C(C)(C)OC. The van der Waals surface area contributed by atoms with Crippen molar-refractivity contribution in [2.45, 2.75) is 31.4 Å². The van der Waals surface area contributed by atoms with Gasteiger partial charge in [0, 0.05) is 13.0 Å². The average Bonchev–Trinajstić information content (AvgIpc) is 3.03. The molecule has 1 amide bonds. The van der Waals surface area contributed by atoms with E-state index < -0.39 is 23.7 Å². The molecule has 148 valence electrons. The number of rotatable bonds is 6. The number of ether oxygens (including phenoxy) is 3. The molecule has 1 atom stereocenters. The molecule has 28 heavy (non-hydrogen) atoms. The van der Waals surface area contributed by atoms with Gasteiger partial charge in [0.2, 0.25) is 0 Å². The first-order chi connectivity index (χ1) is 13.4. The van der Waals surface area contributed by atoms with Crippen LogP contribution in [0.5, 0.6) is 0 Å². The van der Waals surface area contributed by atoms with Crippen LogP contribution in [0.2, 0.25) is 0 Å². The predicted molar refractivity (Wildman–Crippen MR) is 105 cm³/mol. The van der Waals surface area contributed by atoms with Gasteiger partial charge < -0.3 is 19.5 Å². The van der Waals surface area contributed by atoms with Gasteiger partial charge in [0.15, 0.2) is 6.04 Å². The lowest BCUT2D eigenvalue weighted by Gasteiger charge is -2.31. The Hall–Kier alpha value is -2.86. The minimum atomic E-state index is -0.988. The average molecular weight is 383 g/mol. The van der Waals surface area contributed by atoms with Gasteiger partial charge in [-0.3, -0.25) is 0 Å². The quantitative estimate of drug-likeness (QED) is 0.773. The molecule has 6 nitrogen and oxygen atoms in total. The fourth-order valence-corrected chi connectivity index (χ4v) is 3.51. The summed E-state index contributed by atoms with van der Waals surface area (Å²) >= 11 is 0. The van der Waals surface area contributed by atoms with Crippen molar-refractivity contribution < 1.29 is 23.8 Å². The van der Waals surface area contributed by atoms with Gasteiger partial charge in [-0.25, -0.2) is 9.59 Å². The summed E-state index contributed by atoms with van der Waals surface area (Å²) in [6, 6.07) is 15.2. The number of esters is 1. The zero-order valence-electron chi connectivity index (χ0n) is 16.5. The van der Waals surface area contributed by atoms with Crippen molar-refractivity contribution in [3.8, 4) is 11.1 Å². The summed E-state index contributed by atoms with van der Waals surface area (Å²) in [5.41, 5.74) is 3.61. The fraction of sp³-hybridized carbons (Fsp3) is 0.364. The van der Waals surface area contributed by atoms with Crippen LogP contribution in [0.25, 0.3) is 11.1 Å². The van der Waals surface area contributed by atoms with Crippen molar-refractivity contribution in [1.29, 1.82) is 0 Å². The van der Waals surface area contributed by atoms with E-state index in [1.165, 1.54) is 14.2 Å². The summed E-state index contributed by atoms with van der Waals surface area (Å²) in [5, 5.41) is 2.57. The van der Waals surface area contributed by atoms with E-state index in [9.17, 15) is 9.59 Å². The van der Waals surface area contributed by atoms with E-state index in [1.807, 2.05) is 36.4 Å². The van der Waals surface area contributed by atoms with Gasteiger partial charge in [-0.1, -0.05) is 48.5 Å². The molecule has 0 aliphatic heterocycles. The van der Waals surface area contributed by atoms with Crippen LogP contribution in [0.1, 0.15) is 30.9 Å². The molecule has 1 aliphatic rings. The second-order valence-electron chi connectivity index (χ2n) is 7.23. The highest BCUT2D eigenvalue weighted by Crippen LogP contribution is 2.44. The standard InChI is InChI=1S/C22H25NO5/c1-22(2,27-4)19(20(24)26-3)23-21(25)28-13-18-16-11-7-5-9-14(16)15-10-6-8-12-17(15)18/h5-12,18-19H,13H2,1-4H3,(H,23,25)/t19-/m1/s1. The largest absolute Gasteiger partial charge is 0.467 e. The Morgan fingerprint density at radius 1 is 1.00 bits per heavy atom. The van der Waals surface area contributed by atoms with Crippen LogP contribution >= 0.6 is 0 Å². The van der Waals surface area contributed by atoms with E-state index in [1.54, 1.807) is 13.8 Å². The van der Waals surface area contributed by atoms with Gasteiger partial charge in [-0.05, 0) is 36.1 Å². The third-order valence-electron chi connectivity index (χ3n) is 5.26. The third kappa shape index (κ3) is 3.73. The normalized spacial score (nSPS) is 14.0. The van der Waals surface area contributed by atoms with Crippen LogP contribution < -0.4 is 5.32 Å². The molecule has 2 aromatic rings. The van der Waals surface area contributed by atoms with E-state index >= 15 is 0 Å². The minimum absolute atomic E-state index is 0.0508. The van der Waals surface area contributed by atoms with Crippen LogP contribution in [-0.2, 0) is 19.0 Å². The molecule has 0 spiro atoms. The summed E-state index contributed by atoms with van der Waals surface area (Å²) in [4.78, 5) is 24.5. The van der Waals surface area contributed by atoms with E-state index in [2.05, 4.69) is 17.4 Å². The van der Waals surface area contributed by atoms with Crippen molar-refractivity contribution in [2.24, 2.45) is 0 Å². The van der Waals surface area contributed by atoms with Crippen molar-refractivity contribution in [3.05, 3.63) is 59.7 Å². The molecule has 6 heteroatoms. The lowest BCUT2D eigenvalue weighted by molar-refractivity contribution is -0.150. The molecule has 3 rings (SSSR count). The molecule has 0 bridgehead atoms. The number of hydrogen-bond acceptors (Lipinski definition) is 5. The first-order valence-electron chi connectivity index (χ1n) is 9.13. The van der Waals surface area contributed by atoms with Crippen LogP contribution in [0.4, 0.5) is 4.79 Å². The van der Waals surface area contributed by atoms with Gasteiger partial charge >= 0.3 is 12.1 Å². The van der Waals surface area contributed by atoms with Crippen LogP contribution in [0.3, 0.4) is 0 Å². The third-order valence-corrected chi connectivity index (χ3v) is 5.26. The molecule has 2 aromatic carbocycles. The number of fused-ring (bicyclic) bond motifs is 3. The molecule has 0 saturated heterocycles. The van der Waals surface area contributed by atoms with E-state index in [0.717, 1.165) is 22.3 Å². The Morgan fingerprint density at radius 2 is 1.54 bits per heavy atom. The first-order valence-corrected chi connectivity index (χ1v) is 9.13. The molecular weight excluding hydrogens is 358 g/mol. The lowest BCUT2D eigenvalue weighted by Crippen LogP contribution is -2.55. The van der Waals surface area contributed by atoms with Gasteiger partial charge in [0.1, 0.15) is 6.61 Å². The smallest absolute Gasteiger partial charge is 0.407 e. The number of carbonyl (C=O) groups excluding carboxylic acids is 2. The van der Waals surface area contributed by atoms with E-state index in [4.69, 9.17) is 14.2 Å². The fourth-order valence-electron chi connectivity index (χ4n) is 3.51. The monoisotopic (exact) mass is 383 g/mol. The second-order valence-corrected chi connectivity index (χ2v) is 7.23. The summed E-state index contributed by atoms with van der Waals surface area (Å²) in [7, 11) is 2.73. The summed E-state index contributed by atoms with van der Waals surface area (Å²) in [6.45, 7) is 3.55. The summed E-state index contributed by atoms with van der Waals surface area (Å²) in [5.74, 6) is -0.648. The highest BCUT2D eigenvalue weighted by Gasteiger charge is 2.38. The van der Waals surface area contributed by atoms with Crippen LogP contribution in [0, 0.1) is 0 Å². The maximum absolute atomic E-state index is 12.4. The van der Waals surface area contributed by atoms with Gasteiger partial charge in [0.05, 0.1) is 12.7 Å². The highest BCUT2D eigenvalue weighted by molar-refractivity contribution is 5.83. The number of amides is 1. The molecular formula is C22H25NO5. The van der Waals surface area contributed by atoms with Gasteiger partial charge in [0.25, 0.3) is 0 Å². The number of benzene rings is 2. The first kappa shape index (κ1) is 19.9. The molecule has 0 fully saturated rings. The zero-order valence-corrected chi connectivity index (χ0v) is 16.5. The van der Waals surface area contributed by atoms with Crippen molar-refractivity contribution in [1.82, 2.24) is 5.32 Å². The maximum atomic E-state index is 12.4. The Labute approximate surface area is 164 Å². The van der Waals surface area contributed by atoms with Gasteiger partial charge in [-0.2, -0.15) is 0 Å². The molecule has 0 unspecified atom stereocenters. The molecule has 0 heterocycles. The van der Waals surface area contributed by atoms with Crippen molar-refractivity contribution in [3.63, 3.8) is 0 Å². The minimum Gasteiger partial charge on any atom is -0.467 e. The number of alkyl carbamates (subject to hydrolysis) is 1. The van der Waals surface area contributed by atoms with E-state index in [-0.39, 0.29) is 12.5 Å². The Kier molecular flexibility index (Phi) is 5.70. The molecule has 1 N–H and O–H groups in total. The second kappa shape index (κ2) is 8.02. The Morgan fingerprint density at radius 3 is 2.04 bits per heavy atom. The van der Waals surface area contributed by atoms with Gasteiger partial charge in [-0.15, -0.1) is 0 Å². The number of hydrogen-bond donors (Lipinski definition) is 1. The Bertz CT molecular complexity index is 831. The predicted octanol–water partition coefficient (Wildman–Crippen LogP) is 3.49. The number of nitrogens with one attached hydrogen (secondary N) is 1.